The molecule has 0 spiro atoms. The second-order valence-electron chi connectivity index (χ2n) is 6.67. The van der Waals surface area contributed by atoms with Gasteiger partial charge in [-0.2, -0.15) is 5.10 Å². The molecule has 1 fully saturated rings. The van der Waals surface area contributed by atoms with Gasteiger partial charge in [-0.1, -0.05) is 6.07 Å². The summed E-state index contributed by atoms with van der Waals surface area (Å²) in [4.78, 5) is 29.5. The number of anilines is 1. The molecule has 0 radical (unpaired) electrons. The monoisotopic (exact) mass is 371 g/mol. The maximum Gasteiger partial charge on any atom is 0.319 e. The van der Waals surface area contributed by atoms with Crippen molar-refractivity contribution in [2.24, 2.45) is 11.7 Å². The Balaban J connectivity index is 1.39. The number of nitrogens with zero attached hydrogens (tertiary/aromatic N) is 4. The minimum absolute atomic E-state index is 0.0488. The Kier molecular flexibility index (Phi) is 6.37. The van der Waals surface area contributed by atoms with Crippen LogP contribution in [0.25, 0.3) is 5.69 Å². The molecule has 0 saturated carbocycles. The number of primary amides is 1. The van der Waals surface area contributed by atoms with Crippen LogP contribution in [0, 0.1) is 5.92 Å². The first-order valence-electron chi connectivity index (χ1n) is 9.13. The van der Waals surface area contributed by atoms with Crippen molar-refractivity contribution in [1.82, 2.24) is 25.0 Å². The molecule has 9 heteroatoms. The van der Waals surface area contributed by atoms with E-state index in [4.69, 9.17) is 5.73 Å². The van der Waals surface area contributed by atoms with Gasteiger partial charge in [0.25, 0.3) is 0 Å². The maximum absolute atomic E-state index is 12.1. The van der Waals surface area contributed by atoms with Crippen LogP contribution in [0.15, 0.2) is 36.9 Å². The standard InChI is InChI=1S/C18H25N7O2/c19-17(26)14-4-2-8-24(11-14)9-3-7-21-18(27)23-15-5-1-6-16(10-15)25-13-20-12-22-25/h1,5-6,10,12-14H,2-4,7-9,11H2,(H2,19,26)(H2,21,23,27)/t14-/m0/s1. The summed E-state index contributed by atoms with van der Waals surface area (Å²) in [5.74, 6) is -0.266. The fourth-order valence-electron chi connectivity index (χ4n) is 3.24. The van der Waals surface area contributed by atoms with Crippen LogP contribution in [-0.4, -0.2) is 57.8 Å². The Morgan fingerprint density at radius 3 is 3.00 bits per heavy atom. The number of nitrogens with two attached hydrogens (primary N) is 1. The number of urea groups is 1. The van der Waals surface area contributed by atoms with Gasteiger partial charge in [0.1, 0.15) is 12.7 Å². The zero-order valence-electron chi connectivity index (χ0n) is 15.2. The minimum Gasteiger partial charge on any atom is -0.369 e. The molecule has 1 aliphatic rings. The second-order valence-corrected chi connectivity index (χ2v) is 6.67. The normalized spacial score (nSPS) is 17.4. The van der Waals surface area contributed by atoms with Crippen LogP contribution in [0.2, 0.25) is 0 Å². The number of hydrogen-bond donors (Lipinski definition) is 3. The molecule has 1 aromatic carbocycles. The molecule has 9 nitrogen and oxygen atoms in total. The smallest absolute Gasteiger partial charge is 0.319 e. The van der Waals surface area contributed by atoms with Gasteiger partial charge in [0.2, 0.25) is 5.91 Å². The Morgan fingerprint density at radius 2 is 2.22 bits per heavy atom. The van der Waals surface area contributed by atoms with Crippen molar-refractivity contribution in [2.45, 2.75) is 19.3 Å². The summed E-state index contributed by atoms with van der Waals surface area (Å²) in [5, 5.41) is 9.75. The van der Waals surface area contributed by atoms with Crippen LogP contribution in [-0.2, 0) is 4.79 Å². The van der Waals surface area contributed by atoms with Gasteiger partial charge < -0.3 is 21.3 Å². The topological polar surface area (TPSA) is 118 Å². The van der Waals surface area contributed by atoms with E-state index in [0.29, 0.717) is 12.2 Å². The highest BCUT2D eigenvalue weighted by Gasteiger charge is 2.23. The molecular weight excluding hydrogens is 346 g/mol. The average molecular weight is 371 g/mol. The minimum atomic E-state index is -0.251. The van der Waals surface area contributed by atoms with Gasteiger partial charge in [-0.15, -0.1) is 0 Å². The molecule has 2 aromatic rings. The average Bonchev–Trinajstić information content (AvgIpc) is 3.20. The van der Waals surface area contributed by atoms with Crippen molar-refractivity contribution >= 4 is 17.6 Å². The number of carbonyl (C=O) groups is 2. The van der Waals surface area contributed by atoms with Crippen molar-refractivity contribution < 1.29 is 9.59 Å². The fourth-order valence-corrected chi connectivity index (χ4v) is 3.24. The molecular formula is C18H25N7O2. The zero-order valence-corrected chi connectivity index (χ0v) is 15.2. The van der Waals surface area contributed by atoms with E-state index in [9.17, 15) is 9.59 Å². The Hall–Kier alpha value is -2.94. The van der Waals surface area contributed by atoms with Crippen LogP contribution in [0.5, 0.6) is 0 Å². The maximum atomic E-state index is 12.1. The second kappa shape index (κ2) is 9.13. The highest BCUT2D eigenvalue weighted by atomic mass is 16.2. The summed E-state index contributed by atoms with van der Waals surface area (Å²) in [6.07, 6.45) is 5.74. The van der Waals surface area contributed by atoms with Crippen LogP contribution in [0.3, 0.4) is 0 Å². The summed E-state index contributed by atoms with van der Waals surface area (Å²) >= 11 is 0. The van der Waals surface area contributed by atoms with Crippen molar-refractivity contribution in [2.75, 3.05) is 31.5 Å². The fraction of sp³-hybridized carbons (Fsp3) is 0.444. The van der Waals surface area contributed by atoms with Crippen LogP contribution >= 0.6 is 0 Å². The molecule has 0 bridgehead atoms. The number of likely N-dealkylation sites (tertiary alicyclic amines) is 1. The summed E-state index contributed by atoms with van der Waals surface area (Å²) in [6.45, 7) is 3.10. The first-order chi connectivity index (χ1) is 13.1. The molecule has 1 saturated heterocycles. The third kappa shape index (κ3) is 5.52. The number of piperidine rings is 1. The van der Waals surface area contributed by atoms with E-state index < -0.39 is 0 Å². The van der Waals surface area contributed by atoms with Gasteiger partial charge in [0.15, 0.2) is 0 Å². The first-order valence-corrected chi connectivity index (χ1v) is 9.13. The lowest BCUT2D eigenvalue weighted by Gasteiger charge is -2.31. The van der Waals surface area contributed by atoms with Crippen LogP contribution in [0.4, 0.5) is 10.5 Å². The van der Waals surface area contributed by atoms with Crippen molar-refractivity contribution in [1.29, 1.82) is 0 Å². The van der Waals surface area contributed by atoms with Gasteiger partial charge in [0, 0.05) is 18.8 Å². The molecule has 0 unspecified atom stereocenters. The predicted octanol–water partition coefficient (Wildman–Crippen LogP) is 0.976. The molecule has 3 rings (SSSR count). The number of amides is 3. The zero-order chi connectivity index (χ0) is 19.1. The van der Waals surface area contributed by atoms with E-state index in [-0.39, 0.29) is 17.9 Å². The number of aromatic nitrogens is 3. The number of carbonyl (C=O) groups excluding carboxylic acids is 2. The molecule has 1 atom stereocenters. The number of hydrogen-bond acceptors (Lipinski definition) is 5. The van der Waals surface area contributed by atoms with Gasteiger partial charge >= 0.3 is 6.03 Å². The molecule has 1 aliphatic heterocycles. The molecule has 0 aliphatic carbocycles. The van der Waals surface area contributed by atoms with Crippen LogP contribution in [0.1, 0.15) is 19.3 Å². The first kappa shape index (κ1) is 18.8. The Bertz CT molecular complexity index is 763. The summed E-state index contributed by atoms with van der Waals surface area (Å²) < 4.78 is 1.63. The lowest BCUT2D eigenvalue weighted by atomic mass is 9.97. The van der Waals surface area contributed by atoms with E-state index in [0.717, 1.165) is 44.6 Å². The molecule has 1 aromatic heterocycles. The predicted molar refractivity (Wildman–Crippen MR) is 101 cm³/mol. The summed E-state index contributed by atoms with van der Waals surface area (Å²) in [5.41, 5.74) is 6.90. The van der Waals surface area contributed by atoms with E-state index in [1.807, 2.05) is 24.3 Å². The lowest BCUT2D eigenvalue weighted by molar-refractivity contribution is -0.123. The third-order valence-electron chi connectivity index (χ3n) is 4.63. The number of rotatable bonds is 7. The third-order valence-corrected chi connectivity index (χ3v) is 4.63. The summed E-state index contributed by atoms with van der Waals surface area (Å²) in [7, 11) is 0. The van der Waals surface area contributed by atoms with Gasteiger partial charge in [-0.25, -0.2) is 14.5 Å². The van der Waals surface area contributed by atoms with E-state index in [1.165, 1.54) is 6.33 Å². The molecule has 2 heterocycles. The van der Waals surface area contributed by atoms with Gasteiger partial charge in [-0.3, -0.25) is 4.79 Å². The van der Waals surface area contributed by atoms with Crippen LogP contribution < -0.4 is 16.4 Å². The largest absolute Gasteiger partial charge is 0.369 e. The lowest BCUT2D eigenvalue weighted by Crippen LogP contribution is -2.42. The summed E-state index contributed by atoms with van der Waals surface area (Å²) in [6, 6.07) is 7.12. The molecule has 27 heavy (non-hydrogen) atoms. The quantitative estimate of drug-likeness (QED) is 0.627. The van der Waals surface area contributed by atoms with E-state index in [2.05, 4.69) is 25.6 Å². The molecule has 144 valence electrons. The van der Waals surface area contributed by atoms with Crippen molar-refractivity contribution in [3.8, 4) is 5.69 Å². The van der Waals surface area contributed by atoms with Crippen molar-refractivity contribution in [3.63, 3.8) is 0 Å². The number of nitrogens with one attached hydrogen (secondary N) is 2. The highest BCUT2D eigenvalue weighted by molar-refractivity contribution is 5.89. The van der Waals surface area contributed by atoms with E-state index in [1.54, 1.807) is 11.0 Å². The number of benzene rings is 1. The van der Waals surface area contributed by atoms with E-state index >= 15 is 0 Å². The Morgan fingerprint density at radius 1 is 1.33 bits per heavy atom. The SMILES string of the molecule is NC(=O)[C@H]1CCCN(CCCNC(=O)Nc2cccc(-n3cncn3)c2)C1. The van der Waals surface area contributed by atoms with Gasteiger partial charge in [0.05, 0.1) is 11.6 Å². The Labute approximate surface area is 157 Å². The molecule has 4 N–H and O–H groups in total. The van der Waals surface area contributed by atoms with Crippen molar-refractivity contribution in [3.05, 3.63) is 36.9 Å². The molecule has 3 amide bonds. The highest BCUT2D eigenvalue weighted by Crippen LogP contribution is 2.16. The van der Waals surface area contributed by atoms with Gasteiger partial charge in [-0.05, 0) is 50.6 Å².